The zero-order valence-electron chi connectivity index (χ0n) is 15.8. The molecule has 26 heavy (non-hydrogen) atoms. The smallest absolute Gasteiger partial charge is 0.228 e. The van der Waals surface area contributed by atoms with Crippen LogP contribution in [0.3, 0.4) is 0 Å². The molecule has 4 rings (SSSR count). The van der Waals surface area contributed by atoms with Gasteiger partial charge in [0.25, 0.3) is 0 Å². The van der Waals surface area contributed by atoms with E-state index < -0.39 is 0 Å². The number of carbonyl (C=O) groups is 1. The van der Waals surface area contributed by atoms with E-state index in [1.54, 1.807) is 7.11 Å². The van der Waals surface area contributed by atoms with Crippen LogP contribution in [0.2, 0.25) is 0 Å². The third kappa shape index (κ3) is 2.77. The van der Waals surface area contributed by atoms with Crippen LogP contribution < -0.4 is 4.74 Å². The number of aromatic nitrogens is 1. The standard InChI is InChI=1S/C22H26N2O2/c1-15-4-6-16(7-5-15)18-12-19(23-14-20(18)26-3)17-8-9-22(13-17)10-11-24(2)21(22)25/h4-7,12,14,17H,8-11,13H2,1-3H3. The van der Waals surface area contributed by atoms with Gasteiger partial charge < -0.3 is 9.64 Å². The fourth-order valence-electron chi connectivity index (χ4n) is 4.60. The van der Waals surface area contributed by atoms with Crippen LogP contribution in [0.25, 0.3) is 11.1 Å². The Bertz CT molecular complexity index is 831. The highest BCUT2D eigenvalue weighted by molar-refractivity contribution is 5.85. The largest absolute Gasteiger partial charge is 0.494 e. The molecule has 1 saturated carbocycles. The van der Waals surface area contributed by atoms with Crippen LogP contribution in [0.4, 0.5) is 0 Å². The van der Waals surface area contributed by atoms with E-state index in [0.717, 1.165) is 54.8 Å². The molecule has 0 N–H and O–H groups in total. The Hall–Kier alpha value is -2.36. The van der Waals surface area contributed by atoms with Gasteiger partial charge in [0.05, 0.1) is 18.7 Å². The molecule has 4 nitrogen and oxygen atoms in total. The summed E-state index contributed by atoms with van der Waals surface area (Å²) in [5, 5.41) is 0. The number of ether oxygens (including phenoxy) is 1. The monoisotopic (exact) mass is 350 g/mol. The van der Waals surface area contributed by atoms with Crippen LogP contribution >= 0.6 is 0 Å². The summed E-state index contributed by atoms with van der Waals surface area (Å²) in [6.45, 7) is 2.98. The van der Waals surface area contributed by atoms with Crippen LogP contribution in [0.1, 0.15) is 42.9 Å². The highest BCUT2D eigenvalue weighted by Gasteiger charge is 2.50. The molecular formula is C22H26N2O2. The number of rotatable bonds is 3. The van der Waals surface area contributed by atoms with E-state index in [-0.39, 0.29) is 5.41 Å². The minimum Gasteiger partial charge on any atom is -0.494 e. The molecule has 1 aliphatic heterocycles. The molecule has 1 spiro atoms. The fraction of sp³-hybridized carbons (Fsp3) is 0.455. The highest BCUT2D eigenvalue weighted by Crippen LogP contribution is 2.52. The summed E-state index contributed by atoms with van der Waals surface area (Å²) < 4.78 is 5.55. The first-order chi connectivity index (χ1) is 12.5. The van der Waals surface area contributed by atoms with Crippen molar-refractivity contribution in [2.45, 2.75) is 38.5 Å². The van der Waals surface area contributed by atoms with Crippen LogP contribution in [0.15, 0.2) is 36.5 Å². The molecule has 2 aromatic rings. The predicted molar refractivity (Wildman–Crippen MR) is 102 cm³/mol. The van der Waals surface area contributed by atoms with Gasteiger partial charge >= 0.3 is 0 Å². The lowest BCUT2D eigenvalue weighted by molar-refractivity contribution is -0.134. The minimum absolute atomic E-state index is 0.148. The van der Waals surface area contributed by atoms with Gasteiger partial charge in [-0.2, -0.15) is 0 Å². The molecule has 1 aromatic heterocycles. The van der Waals surface area contributed by atoms with E-state index in [2.05, 4.69) is 42.2 Å². The maximum atomic E-state index is 12.6. The van der Waals surface area contributed by atoms with E-state index >= 15 is 0 Å². The number of benzene rings is 1. The molecule has 0 radical (unpaired) electrons. The Morgan fingerprint density at radius 2 is 2.00 bits per heavy atom. The van der Waals surface area contributed by atoms with E-state index in [1.807, 2.05) is 18.1 Å². The van der Waals surface area contributed by atoms with Crippen LogP contribution in [-0.2, 0) is 4.79 Å². The molecule has 2 heterocycles. The lowest BCUT2D eigenvalue weighted by Crippen LogP contribution is -2.30. The summed E-state index contributed by atoms with van der Waals surface area (Å²) in [6, 6.07) is 10.7. The molecule has 136 valence electrons. The molecule has 1 aliphatic carbocycles. The maximum Gasteiger partial charge on any atom is 0.228 e. The average Bonchev–Trinajstić information content (AvgIpc) is 3.22. The summed E-state index contributed by atoms with van der Waals surface area (Å²) in [4.78, 5) is 19.2. The Morgan fingerprint density at radius 1 is 1.23 bits per heavy atom. The van der Waals surface area contributed by atoms with Crippen LogP contribution in [0, 0.1) is 12.3 Å². The first-order valence-corrected chi connectivity index (χ1v) is 9.39. The normalized spacial score (nSPS) is 25.3. The summed E-state index contributed by atoms with van der Waals surface area (Å²) in [6.07, 6.45) is 5.75. The van der Waals surface area contributed by atoms with Crippen LogP contribution in [-0.4, -0.2) is 36.5 Å². The summed E-state index contributed by atoms with van der Waals surface area (Å²) >= 11 is 0. The quantitative estimate of drug-likeness (QED) is 0.834. The van der Waals surface area contributed by atoms with Crippen molar-refractivity contribution in [3.8, 4) is 16.9 Å². The minimum atomic E-state index is -0.148. The van der Waals surface area contributed by atoms with E-state index in [9.17, 15) is 4.79 Å². The highest BCUT2D eigenvalue weighted by atomic mass is 16.5. The van der Waals surface area contributed by atoms with Crippen molar-refractivity contribution in [3.63, 3.8) is 0 Å². The summed E-state index contributed by atoms with van der Waals surface area (Å²) in [5.74, 6) is 1.47. The molecule has 1 saturated heterocycles. The van der Waals surface area contributed by atoms with Gasteiger partial charge in [-0.25, -0.2) is 0 Å². The Morgan fingerprint density at radius 3 is 2.65 bits per heavy atom. The number of hydrogen-bond acceptors (Lipinski definition) is 3. The van der Waals surface area contributed by atoms with Crippen molar-refractivity contribution in [3.05, 3.63) is 47.8 Å². The molecule has 4 heteroatoms. The topological polar surface area (TPSA) is 42.4 Å². The summed E-state index contributed by atoms with van der Waals surface area (Å²) in [5.41, 5.74) is 4.39. The number of hydrogen-bond donors (Lipinski definition) is 0. The molecule has 1 aromatic carbocycles. The van der Waals surface area contributed by atoms with Crippen molar-refractivity contribution in [2.24, 2.45) is 5.41 Å². The fourth-order valence-corrected chi connectivity index (χ4v) is 4.60. The second kappa shape index (κ2) is 6.42. The second-order valence-corrected chi connectivity index (χ2v) is 7.87. The zero-order valence-corrected chi connectivity index (χ0v) is 15.8. The Labute approximate surface area is 155 Å². The SMILES string of the molecule is COc1cnc(C2CCC3(CCN(C)C3=O)C2)cc1-c1ccc(C)cc1. The number of aryl methyl sites for hydroxylation is 1. The van der Waals surface area contributed by atoms with Gasteiger partial charge in [-0.15, -0.1) is 0 Å². The van der Waals surface area contributed by atoms with E-state index in [0.29, 0.717) is 11.8 Å². The van der Waals surface area contributed by atoms with Gasteiger partial charge in [0.15, 0.2) is 0 Å². The number of nitrogens with zero attached hydrogens (tertiary/aromatic N) is 2. The van der Waals surface area contributed by atoms with Gasteiger partial charge in [0, 0.05) is 30.8 Å². The van der Waals surface area contributed by atoms with Gasteiger partial charge in [-0.3, -0.25) is 9.78 Å². The predicted octanol–water partition coefficient (Wildman–Crippen LogP) is 4.18. The number of pyridine rings is 1. The molecule has 0 bridgehead atoms. The number of likely N-dealkylation sites (tertiary alicyclic amines) is 1. The van der Waals surface area contributed by atoms with Crippen LogP contribution in [0.5, 0.6) is 5.75 Å². The molecule has 2 fully saturated rings. The average molecular weight is 350 g/mol. The Kier molecular flexibility index (Phi) is 4.22. The summed E-state index contributed by atoms with van der Waals surface area (Å²) in [7, 11) is 3.61. The van der Waals surface area contributed by atoms with E-state index in [1.165, 1.54) is 5.56 Å². The van der Waals surface area contributed by atoms with Crippen molar-refractivity contribution < 1.29 is 9.53 Å². The number of carbonyl (C=O) groups excluding carboxylic acids is 1. The van der Waals surface area contributed by atoms with Gasteiger partial charge in [-0.05, 0) is 44.2 Å². The van der Waals surface area contributed by atoms with Crippen molar-refractivity contribution in [1.29, 1.82) is 0 Å². The molecular weight excluding hydrogens is 324 g/mol. The van der Waals surface area contributed by atoms with Gasteiger partial charge in [-0.1, -0.05) is 29.8 Å². The molecule has 2 unspecified atom stereocenters. The third-order valence-corrected chi connectivity index (χ3v) is 6.22. The first kappa shape index (κ1) is 17.1. The van der Waals surface area contributed by atoms with E-state index in [4.69, 9.17) is 4.74 Å². The molecule has 1 amide bonds. The molecule has 2 aliphatic rings. The van der Waals surface area contributed by atoms with Gasteiger partial charge in [0.2, 0.25) is 5.91 Å². The van der Waals surface area contributed by atoms with Crippen molar-refractivity contribution in [2.75, 3.05) is 20.7 Å². The van der Waals surface area contributed by atoms with Crippen molar-refractivity contribution >= 4 is 5.91 Å². The second-order valence-electron chi connectivity index (χ2n) is 7.87. The number of methoxy groups -OCH3 is 1. The molecule has 2 atom stereocenters. The Balaban J connectivity index is 1.65. The zero-order chi connectivity index (χ0) is 18.3. The lowest BCUT2D eigenvalue weighted by atomic mass is 9.83. The van der Waals surface area contributed by atoms with Gasteiger partial charge in [0.1, 0.15) is 5.75 Å². The first-order valence-electron chi connectivity index (χ1n) is 9.39. The number of amides is 1. The third-order valence-electron chi connectivity index (χ3n) is 6.22. The lowest BCUT2D eigenvalue weighted by Gasteiger charge is -2.21. The van der Waals surface area contributed by atoms with Crippen molar-refractivity contribution in [1.82, 2.24) is 9.88 Å². The maximum absolute atomic E-state index is 12.6.